The fourth-order valence-electron chi connectivity index (χ4n) is 1.20. The van der Waals surface area contributed by atoms with Gasteiger partial charge in [-0.1, -0.05) is 0 Å². The van der Waals surface area contributed by atoms with Gasteiger partial charge in [0, 0.05) is 5.75 Å². The van der Waals surface area contributed by atoms with Crippen LogP contribution in [0.2, 0.25) is 0 Å². The van der Waals surface area contributed by atoms with Crippen LogP contribution in [0.5, 0.6) is 0 Å². The Hall–Kier alpha value is -1.36. The van der Waals surface area contributed by atoms with Crippen molar-refractivity contribution in [1.29, 1.82) is 0 Å². The van der Waals surface area contributed by atoms with Crippen molar-refractivity contribution in [1.82, 2.24) is 10.6 Å². The van der Waals surface area contributed by atoms with Crippen LogP contribution in [-0.2, 0) is 14.4 Å². The Balaban J connectivity index is 4.70. The number of rotatable bonds is 8. The van der Waals surface area contributed by atoms with Gasteiger partial charge in [-0.3, -0.25) is 9.59 Å². The molecular formula is C10H19N3O6S. The number of nitrogens with one attached hydrogen (secondary N) is 2. The molecule has 0 rings (SSSR count). The van der Waals surface area contributed by atoms with Gasteiger partial charge in [-0.05, 0) is 6.92 Å². The zero-order chi connectivity index (χ0) is 15.9. The largest absolute Gasteiger partial charge is 0.480 e. The van der Waals surface area contributed by atoms with E-state index < -0.39 is 48.6 Å². The number of carboxylic acids is 1. The van der Waals surface area contributed by atoms with Crippen LogP contribution in [0.25, 0.3) is 0 Å². The minimum Gasteiger partial charge on any atom is -0.480 e. The van der Waals surface area contributed by atoms with E-state index in [0.717, 1.165) is 0 Å². The number of amides is 2. The number of carbonyl (C=O) groups excluding carboxylic acids is 2. The van der Waals surface area contributed by atoms with Crippen LogP contribution in [0.3, 0.4) is 0 Å². The lowest BCUT2D eigenvalue weighted by Gasteiger charge is -2.22. The number of carboxylic acid groups (broad SMARTS) is 1. The molecule has 116 valence electrons. The maximum atomic E-state index is 11.8. The molecule has 0 fully saturated rings. The van der Waals surface area contributed by atoms with Crippen molar-refractivity contribution < 1.29 is 29.7 Å². The molecule has 0 spiro atoms. The summed E-state index contributed by atoms with van der Waals surface area (Å²) >= 11 is 3.86. The number of thiol groups is 1. The lowest BCUT2D eigenvalue weighted by Crippen LogP contribution is -2.57. The third-order valence-corrected chi connectivity index (χ3v) is 2.76. The fourth-order valence-corrected chi connectivity index (χ4v) is 1.46. The van der Waals surface area contributed by atoms with Gasteiger partial charge in [-0.2, -0.15) is 12.6 Å². The van der Waals surface area contributed by atoms with Crippen LogP contribution >= 0.6 is 12.6 Å². The molecule has 0 radical (unpaired) electrons. The van der Waals surface area contributed by atoms with E-state index in [1.807, 2.05) is 0 Å². The van der Waals surface area contributed by atoms with Crippen molar-refractivity contribution in [2.24, 2.45) is 5.73 Å². The summed E-state index contributed by atoms with van der Waals surface area (Å²) in [6.45, 7) is 0.604. The van der Waals surface area contributed by atoms with E-state index in [-0.39, 0.29) is 5.75 Å². The minimum absolute atomic E-state index is 0.109. The van der Waals surface area contributed by atoms with Crippen molar-refractivity contribution in [2.75, 3.05) is 12.4 Å². The zero-order valence-corrected chi connectivity index (χ0v) is 11.7. The SMILES string of the molecule is CC(O)C(NC(=O)C(CS)NC(=O)C(N)CO)C(=O)O. The summed E-state index contributed by atoms with van der Waals surface area (Å²) in [5.74, 6) is -3.12. The lowest BCUT2D eigenvalue weighted by molar-refractivity contribution is -0.145. The maximum Gasteiger partial charge on any atom is 0.328 e. The molecule has 0 aliphatic rings. The third kappa shape index (κ3) is 5.74. The van der Waals surface area contributed by atoms with Crippen LogP contribution in [0.1, 0.15) is 6.92 Å². The Labute approximate surface area is 120 Å². The molecule has 0 aromatic heterocycles. The van der Waals surface area contributed by atoms with Crippen LogP contribution in [0.4, 0.5) is 0 Å². The first kappa shape index (κ1) is 18.6. The monoisotopic (exact) mass is 309 g/mol. The molecule has 2 amide bonds. The summed E-state index contributed by atoms with van der Waals surface area (Å²) in [5.41, 5.74) is 5.26. The highest BCUT2D eigenvalue weighted by molar-refractivity contribution is 7.80. The number of hydrogen-bond acceptors (Lipinski definition) is 7. The van der Waals surface area contributed by atoms with Gasteiger partial charge in [0.05, 0.1) is 12.7 Å². The highest BCUT2D eigenvalue weighted by Gasteiger charge is 2.29. The molecule has 20 heavy (non-hydrogen) atoms. The zero-order valence-electron chi connectivity index (χ0n) is 10.8. The van der Waals surface area contributed by atoms with Crippen LogP contribution in [0, 0.1) is 0 Å². The normalized spacial score (nSPS) is 16.6. The molecule has 0 aliphatic heterocycles. The van der Waals surface area contributed by atoms with Gasteiger partial charge >= 0.3 is 5.97 Å². The second kappa shape index (κ2) is 8.74. The highest BCUT2D eigenvalue weighted by atomic mass is 32.1. The summed E-state index contributed by atoms with van der Waals surface area (Å²) in [7, 11) is 0. The number of aliphatic hydroxyl groups excluding tert-OH is 2. The van der Waals surface area contributed by atoms with Crippen molar-refractivity contribution in [3.63, 3.8) is 0 Å². The molecule has 0 aromatic carbocycles. The van der Waals surface area contributed by atoms with E-state index >= 15 is 0 Å². The van der Waals surface area contributed by atoms with Crippen LogP contribution in [-0.4, -0.2) is 69.7 Å². The molecule has 0 bridgehead atoms. The first-order valence-corrected chi connectivity index (χ1v) is 6.36. The van der Waals surface area contributed by atoms with Crippen molar-refractivity contribution in [3.8, 4) is 0 Å². The lowest BCUT2D eigenvalue weighted by atomic mass is 10.1. The Morgan fingerprint density at radius 3 is 2.15 bits per heavy atom. The fraction of sp³-hybridized carbons (Fsp3) is 0.700. The average Bonchev–Trinajstić information content (AvgIpc) is 2.39. The molecule has 0 saturated carbocycles. The van der Waals surface area contributed by atoms with E-state index in [0.29, 0.717) is 0 Å². The smallest absolute Gasteiger partial charge is 0.328 e. The maximum absolute atomic E-state index is 11.8. The summed E-state index contributed by atoms with van der Waals surface area (Å²) in [6, 6.07) is -3.84. The minimum atomic E-state index is -1.51. The molecule has 9 nitrogen and oxygen atoms in total. The molecule has 0 heterocycles. The number of nitrogens with two attached hydrogens (primary N) is 1. The van der Waals surface area contributed by atoms with E-state index in [2.05, 4.69) is 23.3 Å². The van der Waals surface area contributed by atoms with Gasteiger partial charge < -0.3 is 31.7 Å². The van der Waals surface area contributed by atoms with E-state index in [4.69, 9.17) is 15.9 Å². The molecular weight excluding hydrogens is 290 g/mol. The van der Waals surface area contributed by atoms with Gasteiger partial charge in [0.2, 0.25) is 11.8 Å². The average molecular weight is 309 g/mol. The van der Waals surface area contributed by atoms with Crippen LogP contribution < -0.4 is 16.4 Å². The molecule has 0 aliphatic carbocycles. The second-order valence-corrected chi connectivity index (χ2v) is 4.46. The van der Waals surface area contributed by atoms with E-state index in [1.54, 1.807) is 0 Å². The standard InChI is InChI=1S/C10H19N3O6S/c1-4(15)7(10(18)19)13-9(17)6(3-20)12-8(16)5(11)2-14/h4-7,14-15,20H,2-3,11H2,1H3,(H,12,16)(H,13,17)(H,18,19). The molecule has 10 heteroatoms. The molecule has 0 saturated heterocycles. The summed E-state index contributed by atoms with van der Waals surface area (Å²) in [4.78, 5) is 34.0. The van der Waals surface area contributed by atoms with E-state index in [1.165, 1.54) is 6.92 Å². The van der Waals surface area contributed by atoms with Crippen LogP contribution in [0.15, 0.2) is 0 Å². The predicted octanol–water partition coefficient (Wildman–Crippen LogP) is -3.33. The Kier molecular flexibility index (Phi) is 8.15. The number of hydrogen-bond donors (Lipinski definition) is 7. The molecule has 7 N–H and O–H groups in total. The number of carbonyl (C=O) groups is 3. The van der Waals surface area contributed by atoms with Gasteiger partial charge in [0.25, 0.3) is 0 Å². The van der Waals surface area contributed by atoms with Gasteiger partial charge in [-0.25, -0.2) is 4.79 Å². The summed E-state index contributed by atoms with van der Waals surface area (Å²) in [5, 5.41) is 31.1. The van der Waals surface area contributed by atoms with Crippen molar-refractivity contribution in [2.45, 2.75) is 31.2 Å². The van der Waals surface area contributed by atoms with Gasteiger partial charge in [-0.15, -0.1) is 0 Å². The van der Waals surface area contributed by atoms with Crippen molar-refractivity contribution in [3.05, 3.63) is 0 Å². The molecule has 4 atom stereocenters. The highest BCUT2D eigenvalue weighted by Crippen LogP contribution is 1.97. The van der Waals surface area contributed by atoms with Gasteiger partial charge in [0.15, 0.2) is 6.04 Å². The predicted molar refractivity (Wildman–Crippen MR) is 72.1 cm³/mol. The second-order valence-electron chi connectivity index (χ2n) is 4.10. The van der Waals surface area contributed by atoms with E-state index in [9.17, 15) is 19.5 Å². The van der Waals surface area contributed by atoms with Crippen molar-refractivity contribution >= 4 is 30.4 Å². The quantitative estimate of drug-likeness (QED) is 0.231. The Bertz CT molecular complexity index is 365. The molecule has 4 unspecified atom stereocenters. The first-order chi connectivity index (χ1) is 9.24. The Morgan fingerprint density at radius 1 is 1.25 bits per heavy atom. The Morgan fingerprint density at radius 2 is 1.80 bits per heavy atom. The van der Waals surface area contributed by atoms with Gasteiger partial charge in [0.1, 0.15) is 12.1 Å². The summed E-state index contributed by atoms with van der Waals surface area (Å²) in [6.07, 6.45) is -1.31. The number of aliphatic hydroxyl groups is 2. The number of aliphatic carboxylic acids is 1. The topological polar surface area (TPSA) is 162 Å². The third-order valence-electron chi connectivity index (χ3n) is 2.40. The molecule has 0 aromatic rings. The first-order valence-electron chi connectivity index (χ1n) is 5.73. The summed E-state index contributed by atoms with van der Waals surface area (Å²) < 4.78 is 0.